The molecule has 0 aliphatic carbocycles. The van der Waals surface area contributed by atoms with Crippen molar-refractivity contribution in [3.63, 3.8) is 0 Å². The molecule has 0 saturated carbocycles. The summed E-state index contributed by atoms with van der Waals surface area (Å²) in [4.78, 5) is 8.67. The summed E-state index contributed by atoms with van der Waals surface area (Å²) in [5.41, 5.74) is 8.09. The van der Waals surface area contributed by atoms with E-state index >= 15 is 0 Å². The highest BCUT2D eigenvalue weighted by Gasteiger charge is 2.37. The molecule has 1 saturated heterocycles. The molecule has 1 aliphatic heterocycles. The molecule has 1 fully saturated rings. The van der Waals surface area contributed by atoms with Crippen LogP contribution in [0.3, 0.4) is 0 Å². The van der Waals surface area contributed by atoms with E-state index in [-0.39, 0.29) is 17.1 Å². The Morgan fingerprint density at radius 3 is 2.30 bits per heavy atom. The first-order chi connectivity index (χ1) is 12.6. The Labute approximate surface area is 166 Å². The highest BCUT2D eigenvalue weighted by Crippen LogP contribution is 2.32. The topological polar surface area (TPSA) is 87.9 Å². The number of anilines is 3. The molecular weight excluding hydrogens is 360 g/mol. The first kappa shape index (κ1) is 19.7. The van der Waals surface area contributed by atoms with Gasteiger partial charge in [-0.15, -0.1) is 0 Å². The van der Waals surface area contributed by atoms with Gasteiger partial charge in [0.1, 0.15) is 12.0 Å². The van der Waals surface area contributed by atoms with Crippen LogP contribution in [-0.2, 0) is 6.54 Å². The van der Waals surface area contributed by atoms with Crippen LogP contribution in [0.5, 0.6) is 0 Å². The second kappa shape index (κ2) is 7.52. The van der Waals surface area contributed by atoms with Gasteiger partial charge in [0.15, 0.2) is 11.6 Å². The second-order valence-electron chi connectivity index (χ2n) is 8.61. The third-order valence-corrected chi connectivity index (χ3v) is 5.04. The number of benzene rings is 1. The van der Waals surface area contributed by atoms with Crippen LogP contribution in [-0.4, -0.2) is 27.1 Å². The van der Waals surface area contributed by atoms with Crippen molar-refractivity contribution in [1.82, 2.24) is 15.3 Å². The zero-order valence-corrected chi connectivity index (χ0v) is 17.2. The molecule has 1 aromatic heterocycles. The molecule has 2 heterocycles. The summed E-state index contributed by atoms with van der Waals surface area (Å²) in [7, 11) is 0. The van der Waals surface area contributed by atoms with Crippen molar-refractivity contribution < 1.29 is 0 Å². The maximum absolute atomic E-state index is 6.34. The molecule has 7 heteroatoms. The van der Waals surface area contributed by atoms with E-state index in [1.54, 1.807) is 6.33 Å². The summed E-state index contributed by atoms with van der Waals surface area (Å²) in [6, 6.07) is 7.98. The molecule has 1 aromatic carbocycles. The average Bonchev–Trinajstić information content (AvgIpc) is 2.54. The Hall–Kier alpha value is -2.05. The van der Waals surface area contributed by atoms with Gasteiger partial charge in [0.25, 0.3) is 0 Å². The molecule has 3 rings (SSSR count). The molecule has 1 aliphatic rings. The van der Waals surface area contributed by atoms with Gasteiger partial charge in [-0.3, -0.25) is 0 Å². The van der Waals surface area contributed by atoms with Crippen LogP contribution in [0.2, 0.25) is 5.02 Å². The Bertz CT molecular complexity index is 772. The van der Waals surface area contributed by atoms with E-state index in [1.165, 1.54) is 0 Å². The molecule has 0 amide bonds. The van der Waals surface area contributed by atoms with Crippen LogP contribution in [0.4, 0.5) is 17.3 Å². The quantitative estimate of drug-likeness (QED) is 0.618. The van der Waals surface area contributed by atoms with Crippen LogP contribution in [0.25, 0.3) is 0 Å². The van der Waals surface area contributed by atoms with E-state index in [0.29, 0.717) is 23.9 Å². The fraction of sp³-hybridized carbons (Fsp3) is 0.500. The minimum atomic E-state index is 0.0525. The predicted molar refractivity (Wildman–Crippen MR) is 113 cm³/mol. The van der Waals surface area contributed by atoms with Crippen molar-refractivity contribution in [3.8, 4) is 0 Å². The molecule has 5 N–H and O–H groups in total. The Balaban J connectivity index is 1.70. The lowest BCUT2D eigenvalue weighted by molar-refractivity contribution is 0.170. The van der Waals surface area contributed by atoms with E-state index in [1.807, 2.05) is 24.3 Å². The van der Waals surface area contributed by atoms with Crippen LogP contribution in [0, 0.1) is 0 Å². The van der Waals surface area contributed by atoms with Gasteiger partial charge >= 0.3 is 0 Å². The first-order valence-corrected chi connectivity index (χ1v) is 9.66. The summed E-state index contributed by atoms with van der Waals surface area (Å²) in [5.74, 6) is 1.32. The number of aromatic nitrogens is 2. The van der Waals surface area contributed by atoms with Crippen molar-refractivity contribution in [1.29, 1.82) is 0 Å². The lowest BCUT2D eigenvalue weighted by atomic mass is 9.79. The molecule has 2 aromatic rings. The number of halogens is 1. The minimum absolute atomic E-state index is 0.0525. The van der Waals surface area contributed by atoms with Crippen molar-refractivity contribution in [2.45, 2.75) is 64.2 Å². The van der Waals surface area contributed by atoms with Crippen molar-refractivity contribution in [2.75, 3.05) is 16.4 Å². The molecule has 0 spiro atoms. The number of hydrogen-bond acceptors (Lipinski definition) is 6. The fourth-order valence-corrected chi connectivity index (χ4v) is 4.18. The molecule has 6 nitrogen and oxygen atoms in total. The Morgan fingerprint density at radius 1 is 1.07 bits per heavy atom. The largest absolute Gasteiger partial charge is 0.393 e. The van der Waals surface area contributed by atoms with E-state index in [4.69, 9.17) is 17.3 Å². The van der Waals surface area contributed by atoms with Gasteiger partial charge in [-0.2, -0.15) is 0 Å². The minimum Gasteiger partial charge on any atom is -0.393 e. The van der Waals surface area contributed by atoms with E-state index < -0.39 is 0 Å². The summed E-state index contributed by atoms with van der Waals surface area (Å²) >= 11 is 5.93. The zero-order valence-electron chi connectivity index (χ0n) is 16.4. The number of nitrogens with two attached hydrogens (primary N) is 1. The summed E-state index contributed by atoms with van der Waals surface area (Å²) < 4.78 is 0. The monoisotopic (exact) mass is 388 g/mol. The predicted octanol–water partition coefficient (Wildman–Crippen LogP) is 4.05. The van der Waals surface area contributed by atoms with Gasteiger partial charge in [0.05, 0.1) is 0 Å². The summed E-state index contributed by atoms with van der Waals surface area (Å²) in [5, 5.41) is 11.2. The third kappa shape index (κ3) is 5.23. The van der Waals surface area contributed by atoms with E-state index in [9.17, 15) is 0 Å². The SMILES string of the molecule is CC1(C)CC(Nc2ncnc(NCc3ccc(Cl)cc3)c2N)CC(C)(C)N1. The standard InChI is InChI=1S/C20H29ClN6/c1-19(2)9-15(10-20(3,4)27-19)26-18-16(22)17(24-12-25-18)23-11-13-5-7-14(21)8-6-13/h5-8,12,15,27H,9-11,22H2,1-4H3,(H2,23,24,25,26). The molecule has 0 atom stereocenters. The normalized spacial score (nSPS) is 18.9. The number of hydrogen-bond donors (Lipinski definition) is 4. The average molecular weight is 389 g/mol. The summed E-state index contributed by atoms with van der Waals surface area (Å²) in [6.07, 6.45) is 3.53. The van der Waals surface area contributed by atoms with Gasteiger partial charge in [-0.25, -0.2) is 9.97 Å². The van der Waals surface area contributed by atoms with Crippen LogP contribution in [0.15, 0.2) is 30.6 Å². The smallest absolute Gasteiger partial charge is 0.155 e. The lowest BCUT2D eigenvalue weighted by Gasteiger charge is -2.46. The van der Waals surface area contributed by atoms with E-state index in [0.717, 1.165) is 23.4 Å². The maximum atomic E-state index is 6.34. The van der Waals surface area contributed by atoms with E-state index in [2.05, 4.69) is 53.6 Å². The second-order valence-corrected chi connectivity index (χ2v) is 9.04. The molecule has 27 heavy (non-hydrogen) atoms. The highest BCUT2D eigenvalue weighted by molar-refractivity contribution is 6.30. The number of nitrogens with zero attached hydrogens (tertiary/aromatic N) is 2. The number of nitrogen functional groups attached to an aromatic ring is 1. The Morgan fingerprint density at radius 2 is 1.67 bits per heavy atom. The van der Waals surface area contributed by atoms with Crippen molar-refractivity contribution in [3.05, 3.63) is 41.2 Å². The van der Waals surface area contributed by atoms with Crippen LogP contribution in [0.1, 0.15) is 46.1 Å². The summed E-state index contributed by atoms with van der Waals surface area (Å²) in [6.45, 7) is 9.53. The van der Waals surface area contributed by atoms with Gasteiger partial charge in [-0.05, 0) is 58.2 Å². The lowest BCUT2D eigenvalue weighted by Crippen LogP contribution is -2.60. The molecule has 0 bridgehead atoms. The first-order valence-electron chi connectivity index (χ1n) is 9.28. The zero-order chi connectivity index (χ0) is 19.7. The number of nitrogens with one attached hydrogen (secondary N) is 3. The number of rotatable bonds is 5. The van der Waals surface area contributed by atoms with Gasteiger partial charge in [0.2, 0.25) is 0 Å². The van der Waals surface area contributed by atoms with Gasteiger partial charge in [0, 0.05) is 28.7 Å². The Kier molecular flexibility index (Phi) is 5.49. The number of piperidine rings is 1. The van der Waals surface area contributed by atoms with Crippen LogP contribution >= 0.6 is 11.6 Å². The molecule has 146 valence electrons. The molecule has 0 unspecified atom stereocenters. The molecule has 0 radical (unpaired) electrons. The van der Waals surface area contributed by atoms with Crippen molar-refractivity contribution >= 4 is 28.9 Å². The van der Waals surface area contributed by atoms with Crippen molar-refractivity contribution in [2.24, 2.45) is 0 Å². The van der Waals surface area contributed by atoms with Gasteiger partial charge < -0.3 is 21.7 Å². The fourth-order valence-electron chi connectivity index (χ4n) is 4.06. The highest BCUT2D eigenvalue weighted by atomic mass is 35.5. The molecular formula is C20H29ClN6. The van der Waals surface area contributed by atoms with Gasteiger partial charge in [-0.1, -0.05) is 23.7 Å². The third-order valence-electron chi connectivity index (χ3n) is 4.79. The maximum Gasteiger partial charge on any atom is 0.155 e. The van der Waals surface area contributed by atoms with Crippen LogP contribution < -0.4 is 21.7 Å².